The van der Waals surface area contributed by atoms with Crippen molar-refractivity contribution in [1.82, 2.24) is 0 Å². The fourth-order valence-corrected chi connectivity index (χ4v) is 4.50. The molecule has 1 aromatic carbocycles. The van der Waals surface area contributed by atoms with Gasteiger partial charge in [-0.3, -0.25) is 0 Å². The molecule has 0 radical (unpaired) electrons. The number of rotatable bonds is 7. The summed E-state index contributed by atoms with van der Waals surface area (Å²) in [7, 11) is 0. The second-order valence-corrected chi connectivity index (χ2v) is 6.62. The summed E-state index contributed by atoms with van der Waals surface area (Å²) in [5.41, 5.74) is 3.01. The van der Waals surface area contributed by atoms with E-state index in [2.05, 4.69) is 69.3 Å². The van der Waals surface area contributed by atoms with E-state index in [-0.39, 0.29) is 5.41 Å². The van der Waals surface area contributed by atoms with Crippen LogP contribution in [0.15, 0.2) is 24.3 Å². The zero-order chi connectivity index (χ0) is 12.7. The number of benzene rings is 1. The smallest absolute Gasteiger partial charge is 0.0147 e. The van der Waals surface area contributed by atoms with Crippen LogP contribution in [-0.4, -0.2) is 22.7 Å². The maximum atomic E-state index is 3.70. The van der Waals surface area contributed by atoms with Crippen LogP contribution in [-0.2, 0) is 5.41 Å². The maximum Gasteiger partial charge on any atom is 0.0147 e. The van der Waals surface area contributed by atoms with Crippen LogP contribution < -0.4 is 0 Å². The summed E-state index contributed by atoms with van der Waals surface area (Å²) in [6, 6.07) is 8.97. The molecule has 0 fully saturated rings. The van der Waals surface area contributed by atoms with E-state index in [4.69, 9.17) is 0 Å². The monoisotopic (exact) mass is 378 g/mol. The number of halogens is 2. The molecule has 0 unspecified atom stereocenters. The highest BCUT2D eigenvalue weighted by Gasteiger charge is 2.29. The second-order valence-electron chi connectivity index (χ2n) is 4.51. The van der Waals surface area contributed by atoms with Gasteiger partial charge < -0.3 is 0 Å². The quantitative estimate of drug-likeness (QED) is 0.465. The van der Waals surface area contributed by atoms with Gasteiger partial charge >= 0.3 is 0 Å². The second kappa shape index (κ2) is 7.85. The van der Waals surface area contributed by atoms with Gasteiger partial charge in [-0.2, -0.15) is 11.8 Å². The normalized spacial score (nSPS) is 11.8. The third-order valence-electron chi connectivity index (χ3n) is 3.18. The predicted octanol–water partition coefficient (Wildman–Crippen LogP) is 5.17. The molecule has 0 aliphatic carbocycles. The largest absolute Gasteiger partial charge is 0.165 e. The first-order valence-corrected chi connectivity index (χ1v) is 9.50. The Morgan fingerprint density at radius 2 is 1.71 bits per heavy atom. The molecule has 0 aliphatic heterocycles. The molecule has 17 heavy (non-hydrogen) atoms. The van der Waals surface area contributed by atoms with E-state index in [1.54, 1.807) is 0 Å². The van der Waals surface area contributed by atoms with Gasteiger partial charge in [-0.1, -0.05) is 61.7 Å². The van der Waals surface area contributed by atoms with Crippen LogP contribution in [0.3, 0.4) is 0 Å². The maximum absolute atomic E-state index is 3.70. The van der Waals surface area contributed by atoms with E-state index in [0.717, 1.165) is 10.7 Å². The minimum absolute atomic E-state index is 0.240. The predicted molar refractivity (Wildman–Crippen MR) is 88.1 cm³/mol. The summed E-state index contributed by atoms with van der Waals surface area (Å²) in [5.74, 6) is 1.24. The number of thioether (sulfide) groups is 1. The fraction of sp³-hybridized carbons (Fsp3) is 0.571. The van der Waals surface area contributed by atoms with Crippen LogP contribution in [0.5, 0.6) is 0 Å². The van der Waals surface area contributed by atoms with Gasteiger partial charge in [0.15, 0.2) is 0 Å². The number of hydrogen-bond acceptors (Lipinski definition) is 1. The van der Waals surface area contributed by atoms with Crippen LogP contribution in [0.1, 0.15) is 24.0 Å². The Morgan fingerprint density at radius 3 is 2.18 bits per heavy atom. The van der Waals surface area contributed by atoms with Crippen molar-refractivity contribution in [1.29, 1.82) is 0 Å². The third-order valence-corrected chi connectivity index (χ3v) is 6.02. The first kappa shape index (κ1) is 15.6. The Hall–Kier alpha value is 0.530. The average molecular weight is 380 g/mol. The Balaban J connectivity index is 2.85. The Labute approximate surface area is 126 Å². The van der Waals surface area contributed by atoms with Gasteiger partial charge in [0.25, 0.3) is 0 Å². The minimum atomic E-state index is 0.240. The highest BCUT2D eigenvalue weighted by Crippen LogP contribution is 2.34. The van der Waals surface area contributed by atoms with Crippen molar-refractivity contribution in [3.05, 3.63) is 35.4 Å². The van der Waals surface area contributed by atoms with Crippen molar-refractivity contribution in [3.63, 3.8) is 0 Å². The van der Waals surface area contributed by atoms with Crippen molar-refractivity contribution in [2.75, 3.05) is 22.7 Å². The zero-order valence-electron chi connectivity index (χ0n) is 10.5. The van der Waals surface area contributed by atoms with Gasteiger partial charge in [0.2, 0.25) is 0 Å². The Bertz CT molecular complexity index is 317. The number of alkyl halides is 2. The molecule has 0 spiro atoms. The molecule has 0 atom stereocenters. The third kappa shape index (κ3) is 4.29. The number of aryl methyl sites for hydroxylation is 1. The van der Waals surface area contributed by atoms with E-state index in [1.165, 1.54) is 29.7 Å². The molecule has 0 nitrogen and oxygen atoms in total. The molecule has 96 valence electrons. The lowest BCUT2D eigenvalue weighted by atomic mass is 9.80. The average Bonchev–Trinajstić information content (AvgIpc) is 2.37. The van der Waals surface area contributed by atoms with Gasteiger partial charge in [0.05, 0.1) is 0 Å². The van der Waals surface area contributed by atoms with Crippen LogP contribution in [0.4, 0.5) is 0 Å². The molecule has 0 saturated carbocycles. The number of hydrogen-bond donors (Lipinski definition) is 0. The van der Waals surface area contributed by atoms with Crippen molar-refractivity contribution < 1.29 is 0 Å². The lowest BCUT2D eigenvalue weighted by Gasteiger charge is -2.31. The standard InChI is InChI=1S/C14H20Br2S/c1-12-4-6-13(7-5-12)14(10-15,11-16)8-3-9-17-2/h4-7H,3,8-11H2,1-2H3. The van der Waals surface area contributed by atoms with Gasteiger partial charge in [-0.05, 0) is 37.3 Å². The molecule has 0 heterocycles. The minimum Gasteiger partial charge on any atom is -0.165 e. The molecular weight excluding hydrogens is 360 g/mol. The molecule has 0 N–H and O–H groups in total. The zero-order valence-corrected chi connectivity index (χ0v) is 14.5. The molecule has 0 aromatic heterocycles. The van der Waals surface area contributed by atoms with Crippen LogP contribution >= 0.6 is 43.6 Å². The Morgan fingerprint density at radius 1 is 1.12 bits per heavy atom. The first-order chi connectivity index (χ1) is 8.18. The van der Waals surface area contributed by atoms with Gasteiger partial charge in [0.1, 0.15) is 0 Å². The van der Waals surface area contributed by atoms with Crippen molar-refractivity contribution >= 4 is 43.6 Å². The summed E-state index contributed by atoms with van der Waals surface area (Å²) in [6.45, 7) is 2.14. The van der Waals surface area contributed by atoms with Gasteiger partial charge in [-0.25, -0.2) is 0 Å². The van der Waals surface area contributed by atoms with E-state index >= 15 is 0 Å². The fourth-order valence-electron chi connectivity index (χ4n) is 1.93. The van der Waals surface area contributed by atoms with E-state index in [1.807, 2.05) is 11.8 Å². The van der Waals surface area contributed by atoms with Gasteiger partial charge in [-0.15, -0.1) is 0 Å². The molecular formula is C14H20Br2S. The lowest BCUT2D eigenvalue weighted by Crippen LogP contribution is -2.30. The summed E-state index contributed by atoms with van der Waals surface area (Å²) < 4.78 is 0. The van der Waals surface area contributed by atoms with E-state index < -0.39 is 0 Å². The molecule has 3 heteroatoms. The summed E-state index contributed by atoms with van der Waals surface area (Å²) >= 11 is 9.34. The van der Waals surface area contributed by atoms with Crippen molar-refractivity contribution in [2.45, 2.75) is 25.2 Å². The highest BCUT2D eigenvalue weighted by molar-refractivity contribution is 9.09. The summed E-state index contributed by atoms with van der Waals surface area (Å²) in [5, 5.41) is 2.03. The van der Waals surface area contributed by atoms with Crippen LogP contribution in [0.25, 0.3) is 0 Å². The SMILES string of the molecule is CSCCCC(CBr)(CBr)c1ccc(C)cc1. The van der Waals surface area contributed by atoms with E-state index in [9.17, 15) is 0 Å². The van der Waals surface area contributed by atoms with Crippen molar-refractivity contribution in [2.24, 2.45) is 0 Å². The summed E-state index contributed by atoms with van der Waals surface area (Å²) in [4.78, 5) is 0. The van der Waals surface area contributed by atoms with Crippen molar-refractivity contribution in [3.8, 4) is 0 Å². The van der Waals surface area contributed by atoms with E-state index in [0.29, 0.717) is 0 Å². The molecule has 0 saturated heterocycles. The highest BCUT2D eigenvalue weighted by atomic mass is 79.9. The molecule has 1 aromatic rings. The lowest BCUT2D eigenvalue weighted by molar-refractivity contribution is 0.499. The summed E-state index contributed by atoms with van der Waals surface area (Å²) in [6.07, 6.45) is 4.68. The molecule has 1 rings (SSSR count). The molecule has 0 bridgehead atoms. The van der Waals surface area contributed by atoms with Crippen LogP contribution in [0, 0.1) is 6.92 Å². The van der Waals surface area contributed by atoms with Crippen LogP contribution in [0.2, 0.25) is 0 Å². The van der Waals surface area contributed by atoms with Gasteiger partial charge in [0, 0.05) is 16.1 Å². The first-order valence-electron chi connectivity index (χ1n) is 5.86. The topological polar surface area (TPSA) is 0 Å². The molecule has 0 aliphatic rings. The Kier molecular flexibility index (Phi) is 7.20. The molecule has 0 amide bonds.